The first-order valence-corrected chi connectivity index (χ1v) is 6.59. The van der Waals surface area contributed by atoms with Crippen molar-refractivity contribution >= 4 is 11.6 Å². The Morgan fingerprint density at radius 2 is 2.12 bits per heavy atom. The highest BCUT2D eigenvalue weighted by atomic mass is 35.5. The van der Waals surface area contributed by atoms with E-state index in [-0.39, 0.29) is 0 Å². The van der Waals surface area contributed by atoms with E-state index >= 15 is 0 Å². The van der Waals surface area contributed by atoms with Crippen LogP contribution in [0.1, 0.15) is 25.3 Å². The summed E-state index contributed by atoms with van der Waals surface area (Å²) in [5.74, 6) is 0. The Hall–Kier alpha value is -0.570. The number of rotatable bonds is 5. The first-order valence-electron chi connectivity index (χ1n) is 6.21. The minimum absolute atomic E-state index is 0.456. The molecule has 1 N–H and O–H groups in total. The summed E-state index contributed by atoms with van der Waals surface area (Å²) in [5, 5.41) is 4.48. The Bertz CT molecular complexity index is 363. The molecule has 1 aliphatic carbocycles. The van der Waals surface area contributed by atoms with Crippen LogP contribution >= 0.6 is 11.6 Å². The molecular weight excluding hydrogens is 234 g/mol. The van der Waals surface area contributed by atoms with Gasteiger partial charge in [-0.3, -0.25) is 0 Å². The SMILES string of the molecule is COC1CC(NC(C)Cc2ccccc2Cl)C1. The molecule has 0 saturated heterocycles. The fraction of sp³-hybridized carbons (Fsp3) is 0.571. The third kappa shape index (κ3) is 3.44. The van der Waals surface area contributed by atoms with Gasteiger partial charge in [0, 0.05) is 24.2 Å². The smallest absolute Gasteiger partial charge is 0.0601 e. The Kier molecular flexibility index (Phi) is 4.43. The molecule has 94 valence electrons. The molecule has 0 aliphatic heterocycles. The summed E-state index contributed by atoms with van der Waals surface area (Å²) < 4.78 is 5.27. The van der Waals surface area contributed by atoms with E-state index in [4.69, 9.17) is 16.3 Å². The Balaban J connectivity index is 1.78. The molecule has 1 saturated carbocycles. The molecule has 1 aromatic rings. The van der Waals surface area contributed by atoms with Gasteiger partial charge in [0.15, 0.2) is 0 Å². The molecule has 17 heavy (non-hydrogen) atoms. The number of hydrogen-bond donors (Lipinski definition) is 1. The number of nitrogens with one attached hydrogen (secondary N) is 1. The van der Waals surface area contributed by atoms with E-state index in [0.717, 1.165) is 24.3 Å². The zero-order chi connectivity index (χ0) is 12.3. The third-order valence-electron chi connectivity index (χ3n) is 3.43. The molecule has 0 bridgehead atoms. The van der Waals surface area contributed by atoms with Gasteiger partial charge in [0.05, 0.1) is 6.10 Å². The minimum Gasteiger partial charge on any atom is -0.381 e. The molecule has 3 heteroatoms. The molecule has 0 aromatic heterocycles. The normalized spacial score (nSPS) is 25.4. The average Bonchev–Trinajstić information content (AvgIpc) is 2.26. The first-order chi connectivity index (χ1) is 8.19. The number of hydrogen-bond acceptors (Lipinski definition) is 2. The molecule has 1 atom stereocenters. The largest absolute Gasteiger partial charge is 0.381 e. The summed E-state index contributed by atoms with van der Waals surface area (Å²) in [7, 11) is 1.79. The van der Waals surface area contributed by atoms with Crippen molar-refractivity contribution in [3.63, 3.8) is 0 Å². The third-order valence-corrected chi connectivity index (χ3v) is 3.80. The van der Waals surface area contributed by atoms with Crippen molar-refractivity contribution in [1.82, 2.24) is 5.32 Å². The Morgan fingerprint density at radius 1 is 1.41 bits per heavy atom. The molecule has 0 spiro atoms. The zero-order valence-electron chi connectivity index (χ0n) is 10.4. The highest BCUT2D eigenvalue weighted by Gasteiger charge is 2.29. The van der Waals surface area contributed by atoms with Gasteiger partial charge < -0.3 is 10.1 Å². The minimum atomic E-state index is 0.456. The van der Waals surface area contributed by atoms with Crippen molar-refractivity contribution in [1.29, 1.82) is 0 Å². The highest BCUT2D eigenvalue weighted by molar-refractivity contribution is 6.31. The van der Waals surface area contributed by atoms with Crippen LogP contribution in [0.2, 0.25) is 5.02 Å². The van der Waals surface area contributed by atoms with Crippen LogP contribution in [0.5, 0.6) is 0 Å². The van der Waals surface area contributed by atoms with Crippen LogP contribution in [0.25, 0.3) is 0 Å². The summed E-state index contributed by atoms with van der Waals surface area (Å²) in [6.07, 6.45) is 3.69. The standard InChI is InChI=1S/C14H20ClNO/c1-10(16-12-8-13(9-12)17-2)7-11-5-3-4-6-14(11)15/h3-6,10,12-13,16H,7-9H2,1-2H3. The highest BCUT2D eigenvalue weighted by Crippen LogP contribution is 2.24. The van der Waals surface area contributed by atoms with Crippen molar-refractivity contribution in [2.75, 3.05) is 7.11 Å². The van der Waals surface area contributed by atoms with Crippen LogP contribution in [0.4, 0.5) is 0 Å². The van der Waals surface area contributed by atoms with Crippen LogP contribution < -0.4 is 5.32 Å². The maximum absolute atomic E-state index is 6.15. The molecule has 2 nitrogen and oxygen atoms in total. The van der Waals surface area contributed by atoms with Crippen molar-refractivity contribution < 1.29 is 4.74 Å². The number of benzene rings is 1. The van der Waals surface area contributed by atoms with E-state index < -0.39 is 0 Å². The van der Waals surface area contributed by atoms with Gasteiger partial charge in [-0.15, -0.1) is 0 Å². The van der Waals surface area contributed by atoms with Crippen LogP contribution in [-0.4, -0.2) is 25.3 Å². The van der Waals surface area contributed by atoms with Gasteiger partial charge in [0.25, 0.3) is 0 Å². The van der Waals surface area contributed by atoms with E-state index in [1.807, 2.05) is 18.2 Å². The lowest BCUT2D eigenvalue weighted by Crippen LogP contribution is -2.48. The van der Waals surface area contributed by atoms with Gasteiger partial charge in [0.1, 0.15) is 0 Å². The van der Waals surface area contributed by atoms with Crippen LogP contribution in [0.3, 0.4) is 0 Å². The van der Waals surface area contributed by atoms with Gasteiger partial charge in [-0.1, -0.05) is 29.8 Å². The van der Waals surface area contributed by atoms with Gasteiger partial charge in [0.2, 0.25) is 0 Å². The molecular formula is C14H20ClNO. The first kappa shape index (κ1) is 12.9. The topological polar surface area (TPSA) is 21.3 Å². The second kappa shape index (κ2) is 5.85. The van der Waals surface area contributed by atoms with Crippen LogP contribution in [-0.2, 0) is 11.2 Å². The van der Waals surface area contributed by atoms with Crippen molar-refractivity contribution in [3.8, 4) is 0 Å². The summed E-state index contributed by atoms with van der Waals surface area (Å²) in [4.78, 5) is 0. The molecule has 0 radical (unpaired) electrons. The predicted octanol–water partition coefficient (Wildman–Crippen LogP) is 3.04. The number of halogens is 1. The van der Waals surface area contributed by atoms with Crippen molar-refractivity contribution in [2.24, 2.45) is 0 Å². The van der Waals surface area contributed by atoms with Gasteiger partial charge in [-0.25, -0.2) is 0 Å². The molecule has 0 heterocycles. The predicted molar refractivity (Wildman–Crippen MR) is 71.6 cm³/mol. The molecule has 1 fully saturated rings. The molecule has 1 aromatic carbocycles. The van der Waals surface area contributed by atoms with Crippen molar-refractivity contribution in [3.05, 3.63) is 34.9 Å². The quantitative estimate of drug-likeness (QED) is 0.871. The van der Waals surface area contributed by atoms with Crippen molar-refractivity contribution in [2.45, 2.75) is 44.4 Å². The van der Waals surface area contributed by atoms with E-state index in [1.54, 1.807) is 7.11 Å². The molecule has 1 unspecified atom stereocenters. The van der Waals surface area contributed by atoms with E-state index in [9.17, 15) is 0 Å². The van der Waals surface area contributed by atoms with E-state index in [0.29, 0.717) is 18.2 Å². The maximum atomic E-state index is 6.15. The summed E-state index contributed by atoms with van der Waals surface area (Å²) in [6, 6.07) is 9.12. The lowest BCUT2D eigenvalue weighted by Gasteiger charge is -2.36. The summed E-state index contributed by atoms with van der Waals surface area (Å²) in [6.45, 7) is 2.21. The number of ether oxygens (including phenoxy) is 1. The summed E-state index contributed by atoms with van der Waals surface area (Å²) >= 11 is 6.15. The van der Waals surface area contributed by atoms with Crippen LogP contribution in [0, 0.1) is 0 Å². The maximum Gasteiger partial charge on any atom is 0.0601 e. The number of methoxy groups -OCH3 is 1. The molecule has 1 aliphatic rings. The second-order valence-corrected chi connectivity index (χ2v) is 5.30. The fourth-order valence-corrected chi connectivity index (χ4v) is 2.56. The summed E-state index contributed by atoms with van der Waals surface area (Å²) in [5.41, 5.74) is 1.22. The fourth-order valence-electron chi connectivity index (χ4n) is 2.35. The lowest BCUT2D eigenvalue weighted by molar-refractivity contribution is 0.0148. The van der Waals surface area contributed by atoms with E-state index in [1.165, 1.54) is 5.56 Å². The second-order valence-electron chi connectivity index (χ2n) is 4.89. The van der Waals surface area contributed by atoms with Crippen LogP contribution in [0.15, 0.2) is 24.3 Å². The van der Waals surface area contributed by atoms with Gasteiger partial charge in [-0.05, 0) is 37.8 Å². The lowest BCUT2D eigenvalue weighted by atomic mass is 9.88. The monoisotopic (exact) mass is 253 g/mol. The van der Waals surface area contributed by atoms with Gasteiger partial charge in [-0.2, -0.15) is 0 Å². The molecule has 2 rings (SSSR count). The van der Waals surface area contributed by atoms with E-state index in [2.05, 4.69) is 18.3 Å². The Morgan fingerprint density at radius 3 is 2.76 bits per heavy atom. The molecule has 0 amide bonds. The zero-order valence-corrected chi connectivity index (χ0v) is 11.2. The Labute approximate surface area is 108 Å². The van der Waals surface area contributed by atoms with Gasteiger partial charge >= 0.3 is 0 Å². The average molecular weight is 254 g/mol.